The van der Waals surface area contributed by atoms with Crippen LogP contribution in [0.25, 0.3) is 28.2 Å². The lowest BCUT2D eigenvalue weighted by molar-refractivity contribution is 0.276. The molecule has 0 atom stereocenters. The lowest BCUT2D eigenvalue weighted by Gasteiger charge is -2.13. The molecule has 4 heterocycles. The number of rotatable bonds is 6. The molecule has 5 rings (SSSR count). The van der Waals surface area contributed by atoms with Crippen LogP contribution in [0.4, 0.5) is 15.9 Å². The third-order valence-electron chi connectivity index (χ3n) is 5.89. The lowest BCUT2D eigenvalue weighted by atomic mass is 10.1. The highest BCUT2D eigenvalue weighted by Gasteiger charge is 2.18. The highest BCUT2D eigenvalue weighted by Crippen LogP contribution is 2.32. The summed E-state index contributed by atoms with van der Waals surface area (Å²) >= 11 is 0. The van der Waals surface area contributed by atoms with Gasteiger partial charge in [-0.15, -0.1) is 0 Å². The Balaban J connectivity index is 1.60. The van der Waals surface area contributed by atoms with E-state index in [1.165, 1.54) is 12.1 Å². The van der Waals surface area contributed by atoms with Crippen LogP contribution in [0.1, 0.15) is 36.8 Å². The zero-order valence-corrected chi connectivity index (χ0v) is 20.0. The SMILES string of the molecule is Cc1cn(-c2ccc(Nc3cc(C(C)C)nc4c3nc(-c3ccc(F)cc3)n4C)nc2CO)cn1. The number of aryl methyl sites for hydroxylation is 2. The highest BCUT2D eigenvalue weighted by atomic mass is 19.1. The van der Waals surface area contributed by atoms with Gasteiger partial charge in [-0.25, -0.2) is 24.3 Å². The largest absolute Gasteiger partial charge is 0.390 e. The smallest absolute Gasteiger partial charge is 0.162 e. The molecule has 2 N–H and O–H groups in total. The first-order chi connectivity index (χ1) is 16.8. The molecule has 0 saturated carbocycles. The second-order valence-corrected chi connectivity index (χ2v) is 8.79. The van der Waals surface area contributed by atoms with Crippen LogP contribution in [-0.2, 0) is 13.7 Å². The minimum absolute atomic E-state index is 0.192. The van der Waals surface area contributed by atoms with Crippen LogP contribution in [-0.4, -0.2) is 34.2 Å². The summed E-state index contributed by atoms with van der Waals surface area (Å²) in [4.78, 5) is 18.6. The summed E-state index contributed by atoms with van der Waals surface area (Å²) in [6, 6.07) is 12.0. The molecular formula is C26H26FN7O. The summed E-state index contributed by atoms with van der Waals surface area (Å²) in [6.45, 7) is 5.86. The Hall–Kier alpha value is -4.11. The number of benzene rings is 1. The average molecular weight is 472 g/mol. The van der Waals surface area contributed by atoms with Crippen LogP contribution >= 0.6 is 0 Å². The van der Waals surface area contributed by atoms with E-state index >= 15 is 0 Å². The van der Waals surface area contributed by atoms with Crippen LogP contribution in [0.2, 0.25) is 0 Å². The Labute approximate surface area is 202 Å². The number of fused-ring (bicyclic) bond motifs is 1. The van der Waals surface area contributed by atoms with Gasteiger partial charge in [0.25, 0.3) is 0 Å². The molecule has 1 aromatic carbocycles. The van der Waals surface area contributed by atoms with Crippen LogP contribution in [0, 0.1) is 12.7 Å². The molecule has 0 unspecified atom stereocenters. The number of imidazole rings is 2. The molecule has 0 fully saturated rings. The van der Waals surface area contributed by atoms with Gasteiger partial charge in [0, 0.05) is 24.5 Å². The Morgan fingerprint density at radius 2 is 1.83 bits per heavy atom. The van der Waals surface area contributed by atoms with Crippen molar-refractivity contribution in [3.8, 4) is 17.1 Å². The Morgan fingerprint density at radius 1 is 1.06 bits per heavy atom. The molecule has 0 saturated heterocycles. The number of aliphatic hydroxyl groups is 1. The maximum absolute atomic E-state index is 13.5. The fourth-order valence-electron chi connectivity index (χ4n) is 4.02. The topological polar surface area (TPSA) is 93.7 Å². The standard InChI is InChI=1S/C26H26FN7O/c1-15(2)19-11-20(24-26(31-19)33(4)25(32-24)17-5-7-18(27)8-6-17)29-23-10-9-22(21(13-35)30-23)34-12-16(3)28-14-34/h5-12,14-15,35H,13H2,1-4H3,(H,29,30,31). The summed E-state index contributed by atoms with van der Waals surface area (Å²) in [5.41, 5.74) is 6.01. The van der Waals surface area contributed by atoms with Crippen molar-refractivity contribution in [2.75, 3.05) is 5.32 Å². The van der Waals surface area contributed by atoms with Gasteiger partial charge in [-0.1, -0.05) is 13.8 Å². The quantitative estimate of drug-likeness (QED) is 0.361. The van der Waals surface area contributed by atoms with Crippen molar-refractivity contribution in [1.82, 2.24) is 29.1 Å². The Kier molecular flexibility index (Phi) is 5.78. The van der Waals surface area contributed by atoms with Crippen molar-refractivity contribution in [3.63, 3.8) is 0 Å². The fourth-order valence-corrected chi connectivity index (χ4v) is 4.02. The summed E-state index contributed by atoms with van der Waals surface area (Å²) in [6.07, 6.45) is 3.58. The normalized spacial score (nSPS) is 11.5. The Morgan fingerprint density at radius 3 is 2.49 bits per heavy atom. The number of hydrogen-bond acceptors (Lipinski definition) is 6. The minimum Gasteiger partial charge on any atom is -0.390 e. The van der Waals surface area contributed by atoms with Gasteiger partial charge in [0.2, 0.25) is 0 Å². The molecule has 0 radical (unpaired) electrons. The molecule has 0 aliphatic carbocycles. The molecule has 5 aromatic rings. The van der Waals surface area contributed by atoms with Crippen LogP contribution in [0.15, 0.2) is 55.0 Å². The number of pyridine rings is 2. The molecule has 9 heteroatoms. The molecule has 0 spiro atoms. The van der Waals surface area contributed by atoms with E-state index in [9.17, 15) is 9.50 Å². The van der Waals surface area contributed by atoms with Gasteiger partial charge in [-0.3, -0.25) is 0 Å². The zero-order chi connectivity index (χ0) is 24.7. The second kappa shape index (κ2) is 8.92. The van der Waals surface area contributed by atoms with Gasteiger partial charge in [-0.2, -0.15) is 0 Å². The second-order valence-electron chi connectivity index (χ2n) is 8.79. The summed E-state index contributed by atoms with van der Waals surface area (Å²) in [7, 11) is 1.90. The first kappa shape index (κ1) is 22.7. The number of halogens is 1. The van der Waals surface area contributed by atoms with Crippen molar-refractivity contribution in [2.24, 2.45) is 7.05 Å². The highest BCUT2D eigenvalue weighted by molar-refractivity contribution is 5.90. The van der Waals surface area contributed by atoms with E-state index in [0.29, 0.717) is 28.5 Å². The van der Waals surface area contributed by atoms with Crippen molar-refractivity contribution >= 4 is 22.7 Å². The minimum atomic E-state index is -0.296. The third-order valence-corrected chi connectivity index (χ3v) is 5.89. The Bertz CT molecular complexity index is 1520. The molecule has 0 aliphatic rings. The molecule has 0 aliphatic heterocycles. The van der Waals surface area contributed by atoms with Crippen LogP contribution in [0.3, 0.4) is 0 Å². The van der Waals surface area contributed by atoms with Gasteiger partial charge in [-0.05, 0) is 55.3 Å². The molecule has 178 valence electrons. The first-order valence-electron chi connectivity index (χ1n) is 11.4. The van der Waals surface area contributed by atoms with Crippen molar-refractivity contribution < 1.29 is 9.50 Å². The summed E-state index contributed by atoms with van der Waals surface area (Å²) in [5.74, 6) is 1.16. The number of nitrogens with zero attached hydrogens (tertiary/aromatic N) is 6. The van der Waals surface area contributed by atoms with Gasteiger partial charge in [0.15, 0.2) is 5.65 Å². The van der Waals surface area contributed by atoms with Gasteiger partial charge in [0.1, 0.15) is 23.0 Å². The van der Waals surface area contributed by atoms with Crippen molar-refractivity contribution in [3.05, 3.63) is 77.9 Å². The molecule has 8 nitrogen and oxygen atoms in total. The fraction of sp³-hybridized carbons (Fsp3) is 0.231. The maximum atomic E-state index is 13.5. The predicted octanol–water partition coefficient (Wildman–Crippen LogP) is 5.02. The summed E-state index contributed by atoms with van der Waals surface area (Å²) in [5, 5.41) is 13.4. The first-order valence-corrected chi connectivity index (χ1v) is 11.4. The van der Waals surface area contributed by atoms with Crippen LogP contribution < -0.4 is 5.32 Å². The maximum Gasteiger partial charge on any atom is 0.162 e. The predicted molar refractivity (Wildman–Crippen MR) is 133 cm³/mol. The molecule has 4 aromatic heterocycles. The number of aromatic nitrogens is 6. The van der Waals surface area contributed by atoms with E-state index in [2.05, 4.69) is 29.1 Å². The number of anilines is 2. The monoisotopic (exact) mass is 471 g/mol. The number of nitrogens with one attached hydrogen (secondary N) is 1. The van der Waals surface area contributed by atoms with E-state index in [4.69, 9.17) is 9.97 Å². The van der Waals surface area contributed by atoms with Crippen molar-refractivity contribution in [1.29, 1.82) is 0 Å². The lowest BCUT2D eigenvalue weighted by Crippen LogP contribution is -2.05. The zero-order valence-electron chi connectivity index (χ0n) is 20.0. The van der Waals surface area contributed by atoms with Gasteiger partial charge in [0.05, 0.1) is 35.7 Å². The number of hydrogen-bond donors (Lipinski definition) is 2. The van der Waals surface area contributed by atoms with E-state index in [1.54, 1.807) is 18.5 Å². The third kappa shape index (κ3) is 4.26. The van der Waals surface area contributed by atoms with Gasteiger partial charge >= 0.3 is 0 Å². The van der Waals surface area contributed by atoms with E-state index in [0.717, 1.165) is 28.3 Å². The number of aliphatic hydroxyl groups excluding tert-OH is 1. The van der Waals surface area contributed by atoms with E-state index in [1.807, 2.05) is 47.5 Å². The van der Waals surface area contributed by atoms with E-state index < -0.39 is 0 Å². The summed E-state index contributed by atoms with van der Waals surface area (Å²) < 4.78 is 17.2. The molecule has 0 amide bonds. The van der Waals surface area contributed by atoms with E-state index in [-0.39, 0.29) is 18.3 Å². The average Bonchev–Trinajstić information content (AvgIpc) is 3.43. The van der Waals surface area contributed by atoms with Crippen molar-refractivity contribution in [2.45, 2.75) is 33.3 Å². The molecule has 0 bridgehead atoms. The molecule has 35 heavy (non-hydrogen) atoms. The van der Waals surface area contributed by atoms with Gasteiger partial charge < -0.3 is 19.6 Å². The molecular weight excluding hydrogens is 445 g/mol. The van der Waals surface area contributed by atoms with Crippen LogP contribution in [0.5, 0.6) is 0 Å².